The fraction of sp³-hybridized carbons (Fsp3) is 0.818. The molecule has 0 N–H and O–H groups in total. The third-order valence-electron chi connectivity index (χ3n) is 5.79. The molecule has 0 saturated heterocycles. The Morgan fingerprint density at radius 1 is 1.26 bits per heavy atom. The smallest absolute Gasteiger partial charge is 0.0397 e. The molecule has 1 aliphatic rings. The quantitative estimate of drug-likeness (QED) is 0.315. The maximum Gasteiger partial charge on any atom is 0.0397 e. The van der Waals surface area contributed by atoms with Crippen molar-refractivity contribution in [1.82, 2.24) is 0 Å². The lowest BCUT2D eigenvalue weighted by Gasteiger charge is -2.49. The molecule has 0 bridgehead atoms. The van der Waals surface area contributed by atoms with Crippen LogP contribution in [0.15, 0.2) is 24.3 Å². The maximum atomic E-state index is 7.07. The highest BCUT2D eigenvalue weighted by atomic mass is 35.5. The van der Waals surface area contributed by atoms with E-state index in [0.29, 0.717) is 28.5 Å². The molecule has 5 atom stereocenters. The predicted molar refractivity (Wildman–Crippen MR) is 106 cm³/mol. The van der Waals surface area contributed by atoms with Crippen LogP contribution in [0.5, 0.6) is 0 Å². The molecule has 1 fully saturated rings. The van der Waals surface area contributed by atoms with E-state index < -0.39 is 0 Å². The fourth-order valence-electron chi connectivity index (χ4n) is 4.39. The van der Waals surface area contributed by atoms with Crippen LogP contribution < -0.4 is 0 Å². The van der Waals surface area contributed by atoms with Crippen molar-refractivity contribution in [2.24, 2.45) is 29.1 Å². The molecular weight excluding hydrogens is 300 g/mol. The van der Waals surface area contributed by atoms with E-state index in [1.54, 1.807) is 0 Å². The van der Waals surface area contributed by atoms with E-state index in [1.807, 2.05) is 0 Å². The minimum atomic E-state index is 0.324. The van der Waals surface area contributed by atoms with Gasteiger partial charge in [-0.3, -0.25) is 0 Å². The second-order valence-corrected chi connectivity index (χ2v) is 9.49. The second kappa shape index (κ2) is 9.30. The van der Waals surface area contributed by atoms with Gasteiger partial charge in [0.25, 0.3) is 0 Å². The van der Waals surface area contributed by atoms with E-state index in [9.17, 15) is 0 Å². The molecule has 0 aromatic carbocycles. The average Bonchev–Trinajstić information content (AvgIpc) is 2.44. The van der Waals surface area contributed by atoms with Crippen molar-refractivity contribution in [3.8, 4) is 0 Å². The van der Waals surface area contributed by atoms with Gasteiger partial charge in [0.15, 0.2) is 0 Å². The number of halogens is 1. The van der Waals surface area contributed by atoms with Crippen LogP contribution in [0, 0.1) is 29.1 Å². The molecule has 0 radical (unpaired) electrons. The first-order valence-electron chi connectivity index (χ1n) is 9.58. The van der Waals surface area contributed by atoms with E-state index in [1.165, 1.54) is 37.7 Å². The van der Waals surface area contributed by atoms with Crippen LogP contribution in [-0.2, 0) is 0 Å². The van der Waals surface area contributed by atoms with Crippen LogP contribution in [-0.4, -0.2) is 5.38 Å². The summed E-state index contributed by atoms with van der Waals surface area (Å²) in [6.45, 7) is 17.9. The first-order valence-corrected chi connectivity index (χ1v) is 10.0. The molecule has 0 amide bonds. The SMILES string of the molecule is C=CCC1(C)CCC(CC(C)C)C(Cl)C1CC(C)CC=C(C)C. The van der Waals surface area contributed by atoms with E-state index in [-0.39, 0.29) is 0 Å². The summed E-state index contributed by atoms with van der Waals surface area (Å²) in [5.41, 5.74) is 1.76. The van der Waals surface area contributed by atoms with E-state index in [4.69, 9.17) is 11.6 Å². The van der Waals surface area contributed by atoms with Crippen LogP contribution in [0.3, 0.4) is 0 Å². The molecule has 0 spiro atoms. The lowest BCUT2D eigenvalue weighted by atomic mass is 9.59. The molecular formula is C22H39Cl. The van der Waals surface area contributed by atoms with E-state index in [2.05, 4.69) is 60.3 Å². The average molecular weight is 339 g/mol. The van der Waals surface area contributed by atoms with Gasteiger partial charge in [0.1, 0.15) is 0 Å². The molecule has 1 aliphatic carbocycles. The third-order valence-corrected chi connectivity index (χ3v) is 6.45. The Bertz CT molecular complexity index is 391. The van der Waals surface area contributed by atoms with Gasteiger partial charge in [0, 0.05) is 5.38 Å². The third kappa shape index (κ3) is 6.29. The Labute approximate surface area is 150 Å². The summed E-state index contributed by atoms with van der Waals surface area (Å²) in [6.07, 6.45) is 11.9. The zero-order valence-corrected chi connectivity index (χ0v) is 17.1. The lowest BCUT2D eigenvalue weighted by Crippen LogP contribution is -2.43. The standard InChI is InChI=1S/C22H39Cl/c1-8-12-22(7)13-11-19(14-17(4)5)21(23)20(22)15-18(6)10-9-16(2)3/h8-9,17-21H,1,10-15H2,2-7H3. The monoisotopic (exact) mass is 338 g/mol. The number of alkyl halides is 1. The van der Waals surface area contributed by atoms with Crippen molar-refractivity contribution >= 4 is 11.6 Å². The van der Waals surface area contributed by atoms with E-state index >= 15 is 0 Å². The molecule has 0 aromatic rings. The molecule has 134 valence electrons. The number of hydrogen-bond acceptors (Lipinski definition) is 0. The minimum Gasteiger partial charge on any atom is -0.122 e. The van der Waals surface area contributed by atoms with Crippen molar-refractivity contribution in [3.63, 3.8) is 0 Å². The highest BCUT2D eigenvalue weighted by Crippen LogP contribution is 2.52. The molecule has 0 heterocycles. The first-order chi connectivity index (χ1) is 10.7. The lowest BCUT2D eigenvalue weighted by molar-refractivity contribution is 0.0627. The zero-order valence-electron chi connectivity index (χ0n) is 16.4. The van der Waals surface area contributed by atoms with Gasteiger partial charge in [-0.15, -0.1) is 18.2 Å². The van der Waals surface area contributed by atoms with Crippen molar-refractivity contribution in [2.45, 2.75) is 85.4 Å². The summed E-state index contributed by atoms with van der Waals surface area (Å²) in [5.74, 6) is 2.75. The van der Waals surface area contributed by atoms with Gasteiger partial charge < -0.3 is 0 Å². The van der Waals surface area contributed by atoms with Crippen LogP contribution in [0.25, 0.3) is 0 Å². The zero-order chi connectivity index (χ0) is 17.6. The summed E-state index contributed by atoms with van der Waals surface area (Å²) in [5, 5.41) is 0.324. The summed E-state index contributed by atoms with van der Waals surface area (Å²) in [4.78, 5) is 0. The Kier molecular flexibility index (Phi) is 8.42. The maximum absolute atomic E-state index is 7.07. The summed E-state index contributed by atoms with van der Waals surface area (Å²) in [7, 11) is 0. The Morgan fingerprint density at radius 2 is 1.91 bits per heavy atom. The Morgan fingerprint density at radius 3 is 2.43 bits per heavy atom. The number of hydrogen-bond donors (Lipinski definition) is 0. The molecule has 0 aromatic heterocycles. The normalized spacial score (nSPS) is 32.6. The molecule has 0 nitrogen and oxygen atoms in total. The summed E-state index contributed by atoms with van der Waals surface area (Å²) < 4.78 is 0. The van der Waals surface area contributed by atoms with Crippen molar-refractivity contribution in [3.05, 3.63) is 24.3 Å². The molecule has 0 aliphatic heterocycles. The van der Waals surface area contributed by atoms with Gasteiger partial charge in [-0.25, -0.2) is 0 Å². The predicted octanol–water partition coefficient (Wildman–Crippen LogP) is 7.63. The number of rotatable bonds is 8. The van der Waals surface area contributed by atoms with Crippen molar-refractivity contribution < 1.29 is 0 Å². The molecule has 1 saturated carbocycles. The van der Waals surface area contributed by atoms with Gasteiger partial charge in [-0.05, 0) is 81.5 Å². The van der Waals surface area contributed by atoms with Crippen LogP contribution in [0.2, 0.25) is 0 Å². The van der Waals surface area contributed by atoms with E-state index in [0.717, 1.165) is 12.3 Å². The van der Waals surface area contributed by atoms with Crippen molar-refractivity contribution in [1.29, 1.82) is 0 Å². The summed E-state index contributed by atoms with van der Waals surface area (Å²) >= 11 is 7.07. The van der Waals surface area contributed by atoms with Crippen molar-refractivity contribution in [2.75, 3.05) is 0 Å². The second-order valence-electron chi connectivity index (χ2n) is 8.98. The molecule has 5 unspecified atom stereocenters. The molecule has 1 heteroatoms. The van der Waals surface area contributed by atoms with Gasteiger partial charge in [-0.1, -0.05) is 45.4 Å². The van der Waals surface area contributed by atoms with Gasteiger partial charge >= 0.3 is 0 Å². The highest BCUT2D eigenvalue weighted by Gasteiger charge is 2.45. The fourth-order valence-corrected chi connectivity index (χ4v) is 5.03. The molecule has 23 heavy (non-hydrogen) atoms. The van der Waals surface area contributed by atoms with Gasteiger partial charge in [0.05, 0.1) is 0 Å². The van der Waals surface area contributed by atoms with Gasteiger partial charge in [0.2, 0.25) is 0 Å². The Hall–Kier alpha value is -0.230. The topological polar surface area (TPSA) is 0 Å². The largest absolute Gasteiger partial charge is 0.122 e. The Balaban J connectivity index is 2.87. The highest BCUT2D eigenvalue weighted by molar-refractivity contribution is 6.21. The van der Waals surface area contributed by atoms with Gasteiger partial charge in [-0.2, -0.15) is 0 Å². The first kappa shape index (κ1) is 20.8. The van der Waals surface area contributed by atoms with Crippen LogP contribution >= 0.6 is 11.6 Å². The number of allylic oxidation sites excluding steroid dienone is 3. The van der Waals surface area contributed by atoms with Crippen LogP contribution in [0.4, 0.5) is 0 Å². The van der Waals surface area contributed by atoms with Crippen LogP contribution in [0.1, 0.15) is 80.1 Å². The molecule has 1 rings (SSSR count). The summed E-state index contributed by atoms with van der Waals surface area (Å²) in [6, 6.07) is 0. The minimum absolute atomic E-state index is 0.324.